The van der Waals surface area contributed by atoms with Crippen molar-refractivity contribution in [2.24, 2.45) is 23.1 Å². The fourth-order valence-electron chi connectivity index (χ4n) is 3.17. The predicted octanol–water partition coefficient (Wildman–Crippen LogP) is -0.475. The number of rotatable bonds is 14. The van der Waals surface area contributed by atoms with Gasteiger partial charge < -0.3 is 56.0 Å². The summed E-state index contributed by atoms with van der Waals surface area (Å²) < 4.78 is 32.3. The molecule has 0 aliphatic carbocycles. The van der Waals surface area contributed by atoms with Crippen molar-refractivity contribution in [1.29, 1.82) is 0 Å². The zero-order valence-corrected chi connectivity index (χ0v) is 24.6. The highest BCUT2D eigenvalue weighted by atomic mass is 16.7. The first kappa shape index (κ1) is 38.0. The number of carbonyl (C=O) groups excluding carboxylic acids is 2. The smallest absolute Gasteiger partial charge is 0.328 e. The minimum Gasteiger partial charge on any atom is -0.478 e. The largest absolute Gasteiger partial charge is 0.478 e. The maximum atomic E-state index is 11.1. The molecule has 0 aromatic carbocycles. The standard InChI is InChI=1S/C9H14N2O4.C9H19NO3.C8H17NO3/c1-6(12)7(5-9(14)15)4-8(13)11-3-2-10;1-9(2)12-6-8(7-13-9)5-11-4-3-10;1-8(2)11-6-7(12-8)5-10-4-3-9/h5H,2-4,10H2,1H3,(H,11,13)(H,14,15);8H,3-7,10H2,1-2H3;7H,3-6,9H2,1-2H3/b7-5-;;. The Bertz CT molecular complexity index is 767. The number of ketones is 1. The molecule has 0 aromatic heterocycles. The molecule has 40 heavy (non-hydrogen) atoms. The second-order valence-corrected chi connectivity index (χ2v) is 9.95. The number of hydrogen-bond donors (Lipinski definition) is 5. The Morgan fingerprint density at radius 1 is 0.900 bits per heavy atom. The molecule has 0 aromatic rings. The van der Waals surface area contributed by atoms with Crippen molar-refractivity contribution in [3.05, 3.63) is 11.6 Å². The Hall–Kier alpha value is -2.01. The number of nitrogens with two attached hydrogens (primary N) is 3. The molecule has 234 valence electrons. The minimum absolute atomic E-state index is 0.0305. The molecule has 14 nitrogen and oxygen atoms in total. The lowest BCUT2D eigenvalue weighted by atomic mass is 10.1. The number of aliphatic carboxylic acids is 1. The van der Waals surface area contributed by atoms with Gasteiger partial charge in [-0.2, -0.15) is 0 Å². The number of Topliss-reactive ketones (excluding diaryl/α,β-unsaturated/α-hetero) is 1. The van der Waals surface area contributed by atoms with Crippen LogP contribution in [-0.4, -0.2) is 113 Å². The summed E-state index contributed by atoms with van der Waals surface area (Å²) in [6.07, 6.45) is 0.568. The van der Waals surface area contributed by atoms with E-state index in [9.17, 15) is 14.4 Å². The fraction of sp³-hybridized carbons (Fsp3) is 0.808. The Kier molecular flexibility index (Phi) is 19.8. The van der Waals surface area contributed by atoms with Crippen LogP contribution in [0.5, 0.6) is 0 Å². The van der Waals surface area contributed by atoms with Gasteiger partial charge in [0.2, 0.25) is 5.91 Å². The first-order chi connectivity index (χ1) is 18.7. The third kappa shape index (κ3) is 20.0. The average molecular weight is 579 g/mol. The summed E-state index contributed by atoms with van der Waals surface area (Å²) in [6, 6.07) is 0. The molecule has 1 atom stereocenters. The number of hydrogen-bond acceptors (Lipinski definition) is 12. The van der Waals surface area contributed by atoms with Crippen LogP contribution in [-0.2, 0) is 42.8 Å². The molecule has 8 N–H and O–H groups in total. The number of carboxylic acid groups (broad SMARTS) is 1. The molecule has 2 aliphatic heterocycles. The molecule has 1 amide bonds. The minimum atomic E-state index is -1.24. The lowest BCUT2D eigenvalue weighted by molar-refractivity contribution is -0.266. The lowest BCUT2D eigenvalue weighted by Crippen LogP contribution is -2.40. The van der Waals surface area contributed by atoms with Crippen molar-refractivity contribution in [2.75, 3.05) is 72.4 Å². The first-order valence-electron chi connectivity index (χ1n) is 13.3. The quantitative estimate of drug-likeness (QED) is 0.130. The lowest BCUT2D eigenvalue weighted by Gasteiger charge is -2.34. The molecule has 0 saturated carbocycles. The van der Waals surface area contributed by atoms with Crippen molar-refractivity contribution in [1.82, 2.24) is 5.32 Å². The summed E-state index contributed by atoms with van der Waals surface area (Å²) in [5.41, 5.74) is 15.7. The number of carboxylic acids is 1. The van der Waals surface area contributed by atoms with E-state index in [2.05, 4.69) is 5.32 Å². The van der Waals surface area contributed by atoms with Gasteiger partial charge >= 0.3 is 5.97 Å². The van der Waals surface area contributed by atoms with Crippen molar-refractivity contribution in [3.63, 3.8) is 0 Å². The van der Waals surface area contributed by atoms with Gasteiger partial charge in [-0.3, -0.25) is 9.59 Å². The molecule has 0 radical (unpaired) electrons. The molecule has 2 heterocycles. The number of ether oxygens (including phenoxy) is 6. The average Bonchev–Trinajstić information content (AvgIpc) is 3.22. The summed E-state index contributed by atoms with van der Waals surface area (Å²) in [7, 11) is 0. The van der Waals surface area contributed by atoms with E-state index in [1.165, 1.54) is 6.92 Å². The van der Waals surface area contributed by atoms with E-state index < -0.39 is 29.2 Å². The zero-order chi connectivity index (χ0) is 30.6. The van der Waals surface area contributed by atoms with Crippen LogP contribution in [0.1, 0.15) is 41.0 Å². The molecule has 2 fully saturated rings. The van der Waals surface area contributed by atoms with Crippen LogP contribution in [0.15, 0.2) is 11.6 Å². The van der Waals surface area contributed by atoms with Crippen molar-refractivity contribution in [2.45, 2.75) is 58.7 Å². The number of amides is 1. The van der Waals surface area contributed by atoms with E-state index in [-0.39, 0.29) is 18.1 Å². The van der Waals surface area contributed by atoms with E-state index >= 15 is 0 Å². The second-order valence-electron chi connectivity index (χ2n) is 9.95. The molecule has 2 saturated heterocycles. The molecule has 0 bridgehead atoms. The van der Waals surface area contributed by atoms with Gasteiger partial charge in [-0.15, -0.1) is 0 Å². The van der Waals surface area contributed by atoms with Crippen LogP contribution in [0.25, 0.3) is 0 Å². The Morgan fingerprint density at radius 3 is 1.90 bits per heavy atom. The molecule has 2 aliphatic rings. The Morgan fingerprint density at radius 2 is 1.45 bits per heavy atom. The maximum Gasteiger partial charge on any atom is 0.328 e. The zero-order valence-electron chi connectivity index (χ0n) is 24.6. The van der Waals surface area contributed by atoms with Crippen molar-refractivity contribution < 1.29 is 47.9 Å². The number of carbonyl (C=O) groups is 3. The monoisotopic (exact) mass is 578 g/mol. The number of nitrogens with one attached hydrogen (secondary N) is 1. The second kappa shape index (κ2) is 20.8. The third-order valence-corrected chi connectivity index (χ3v) is 5.15. The van der Waals surface area contributed by atoms with E-state index in [0.29, 0.717) is 78.3 Å². The van der Waals surface area contributed by atoms with Gasteiger partial charge in [0.25, 0.3) is 0 Å². The highest BCUT2D eigenvalue weighted by molar-refractivity contribution is 6.02. The van der Waals surface area contributed by atoms with E-state index in [1.54, 1.807) is 0 Å². The van der Waals surface area contributed by atoms with Crippen LogP contribution in [0, 0.1) is 5.92 Å². The van der Waals surface area contributed by atoms with Crippen LogP contribution >= 0.6 is 0 Å². The summed E-state index contributed by atoms with van der Waals surface area (Å²) >= 11 is 0. The first-order valence-corrected chi connectivity index (χ1v) is 13.3. The van der Waals surface area contributed by atoms with E-state index in [0.717, 1.165) is 6.08 Å². The highest BCUT2D eigenvalue weighted by Gasteiger charge is 2.32. The topological polar surface area (TPSA) is 217 Å². The SMILES string of the molecule is CC(=O)/C(=C\C(=O)O)CC(=O)NCCN.CC1(C)OCC(COCCN)CO1.CC1(C)OCC(COCCN)O1. The molecule has 1 unspecified atom stereocenters. The maximum absolute atomic E-state index is 11.1. The molecule has 14 heteroatoms. The Balaban J connectivity index is 0.000000573. The van der Waals surface area contributed by atoms with Gasteiger partial charge in [-0.05, 0) is 34.6 Å². The third-order valence-electron chi connectivity index (χ3n) is 5.15. The van der Waals surface area contributed by atoms with Crippen LogP contribution < -0.4 is 22.5 Å². The summed E-state index contributed by atoms with van der Waals surface area (Å²) in [6.45, 7) is 15.0. The highest BCUT2D eigenvalue weighted by Crippen LogP contribution is 2.22. The molecule has 2 rings (SSSR count). The predicted molar refractivity (Wildman–Crippen MR) is 147 cm³/mol. The van der Waals surface area contributed by atoms with Crippen LogP contribution in [0.3, 0.4) is 0 Å². The van der Waals surface area contributed by atoms with Gasteiger partial charge in [0, 0.05) is 43.7 Å². The van der Waals surface area contributed by atoms with Crippen molar-refractivity contribution in [3.8, 4) is 0 Å². The van der Waals surface area contributed by atoms with Crippen LogP contribution in [0.2, 0.25) is 0 Å². The van der Waals surface area contributed by atoms with Gasteiger partial charge in [0.1, 0.15) is 6.10 Å². The summed E-state index contributed by atoms with van der Waals surface area (Å²) in [5, 5.41) is 10.9. The molecular formula is C26H50N4O10. The van der Waals surface area contributed by atoms with E-state index in [1.807, 2.05) is 27.7 Å². The van der Waals surface area contributed by atoms with Gasteiger partial charge in [0.05, 0.1) is 52.7 Å². The Labute approximate surface area is 237 Å². The fourth-order valence-corrected chi connectivity index (χ4v) is 3.17. The van der Waals surface area contributed by atoms with Crippen molar-refractivity contribution >= 4 is 17.7 Å². The summed E-state index contributed by atoms with van der Waals surface area (Å²) in [4.78, 5) is 32.4. The normalized spacial score (nSPS) is 20.0. The van der Waals surface area contributed by atoms with Gasteiger partial charge in [-0.25, -0.2) is 4.79 Å². The summed E-state index contributed by atoms with van der Waals surface area (Å²) in [5.74, 6) is -2.61. The van der Waals surface area contributed by atoms with Crippen LogP contribution in [0.4, 0.5) is 0 Å². The van der Waals surface area contributed by atoms with E-state index in [4.69, 9.17) is 50.7 Å². The molecular weight excluding hydrogens is 528 g/mol. The van der Waals surface area contributed by atoms with Gasteiger partial charge in [-0.1, -0.05) is 0 Å². The molecule has 0 spiro atoms. The van der Waals surface area contributed by atoms with Gasteiger partial charge in [0.15, 0.2) is 17.4 Å².